The third kappa shape index (κ3) is 3.78. The lowest BCUT2D eigenvalue weighted by molar-refractivity contribution is 0.177. The standard InChI is InChI=1S/C22H28N4O/c1-16-2-5-19(6-3-16)25-11-9-20(10-12-25)26-13-8-18-14-17(15-23)4-7-21(18)24-22(26)27/h2-7,14,20H,8-13,15,23H2,1H3,(H,24,27). The van der Waals surface area contributed by atoms with Crippen LogP contribution in [0.4, 0.5) is 16.2 Å². The van der Waals surface area contributed by atoms with Gasteiger partial charge in [-0.05, 0) is 55.5 Å². The second kappa shape index (κ2) is 7.61. The van der Waals surface area contributed by atoms with Crippen LogP contribution in [-0.4, -0.2) is 36.6 Å². The van der Waals surface area contributed by atoms with Crippen molar-refractivity contribution in [3.63, 3.8) is 0 Å². The number of anilines is 2. The highest BCUT2D eigenvalue weighted by Gasteiger charge is 2.30. The molecule has 142 valence electrons. The van der Waals surface area contributed by atoms with Gasteiger partial charge in [-0.15, -0.1) is 0 Å². The lowest BCUT2D eigenvalue weighted by Gasteiger charge is -2.39. The van der Waals surface area contributed by atoms with Crippen LogP contribution in [0, 0.1) is 6.92 Å². The van der Waals surface area contributed by atoms with E-state index in [-0.39, 0.29) is 6.03 Å². The summed E-state index contributed by atoms with van der Waals surface area (Å²) >= 11 is 0. The molecule has 0 aliphatic carbocycles. The number of hydrogen-bond acceptors (Lipinski definition) is 3. The normalized spacial score (nSPS) is 18.1. The molecule has 5 heteroatoms. The van der Waals surface area contributed by atoms with E-state index in [1.165, 1.54) is 16.8 Å². The van der Waals surface area contributed by atoms with Gasteiger partial charge in [0.15, 0.2) is 0 Å². The molecular formula is C22H28N4O. The smallest absolute Gasteiger partial charge is 0.322 e. The molecule has 2 amide bonds. The molecule has 0 unspecified atom stereocenters. The molecule has 4 rings (SSSR count). The number of carbonyl (C=O) groups is 1. The molecule has 1 fully saturated rings. The summed E-state index contributed by atoms with van der Waals surface area (Å²) in [4.78, 5) is 17.3. The molecule has 2 aromatic rings. The maximum absolute atomic E-state index is 12.8. The van der Waals surface area contributed by atoms with E-state index in [1.807, 2.05) is 17.0 Å². The molecule has 0 atom stereocenters. The second-order valence-electron chi connectivity index (χ2n) is 7.62. The zero-order chi connectivity index (χ0) is 18.8. The van der Waals surface area contributed by atoms with E-state index in [0.717, 1.165) is 50.1 Å². The van der Waals surface area contributed by atoms with Crippen LogP contribution < -0.4 is 16.0 Å². The van der Waals surface area contributed by atoms with E-state index < -0.39 is 0 Å². The summed E-state index contributed by atoms with van der Waals surface area (Å²) in [6, 6.07) is 15.2. The topological polar surface area (TPSA) is 61.6 Å². The zero-order valence-corrected chi connectivity index (χ0v) is 15.9. The molecule has 27 heavy (non-hydrogen) atoms. The van der Waals surface area contributed by atoms with E-state index >= 15 is 0 Å². The molecule has 0 spiro atoms. The Hall–Kier alpha value is -2.53. The summed E-state index contributed by atoms with van der Waals surface area (Å²) in [6.07, 6.45) is 2.89. The molecule has 2 aliphatic heterocycles. The highest BCUT2D eigenvalue weighted by atomic mass is 16.2. The van der Waals surface area contributed by atoms with Gasteiger partial charge in [-0.2, -0.15) is 0 Å². The summed E-state index contributed by atoms with van der Waals surface area (Å²) in [5.41, 5.74) is 11.6. The van der Waals surface area contributed by atoms with Crippen molar-refractivity contribution in [2.75, 3.05) is 29.9 Å². The van der Waals surface area contributed by atoms with Crippen molar-refractivity contribution in [3.8, 4) is 0 Å². The van der Waals surface area contributed by atoms with Crippen molar-refractivity contribution < 1.29 is 4.79 Å². The molecule has 0 bridgehead atoms. The van der Waals surface area contributed by atoms with E-state index in [0.29, 0.717) is 12.6 Å². The fourth-order valence-electron chi connectivity index (χ4n) is 4.17. The van der Waals surface area contributed by atoms with E-state index in [4.69, 9.17) is 5.73 Å². The van der Waals surface area contributed by atoms with Gasteiger partial charge in [-0.1, -0.05) is 29.8 Å². The number of hydrogen-bond donors (Lipinski definition) is 2. The Kier molecular flexibility index (Phi) is 5.03. The Bertz CT molecular complexity index is 810. The van der Waals surface area contributed by atoms with Gasteiger partial charge in [0.1, 0.15) is 0 Å². The second-order valence-corrected chi connectivity index (χ2v) is 7.62. The molecule has 2 aliphatic rings. The van der Waals surface area contributed by atoms with Crippen molar-refractivity contribution in [3.05, 3.63) is 59.2 Å². The number of piperidine rings is 1. The Morgan fingerprint density at radius 3 is 2.52 bits per heavy atom. The van der Waals surface area contributed by atoms with Gasteiger partial charge in [-0.3, -0.25) is 0 Å². The van der Waals surface area contributed by atoms with Crippen LogP contribution in [-0.2, 0) is 13.0 Å². The van der Waals surface area contributed by atoms with Gasteiger partial charge in [0.2, 0.25) is 0 Å². The van der Waals surface area contributed by atoms with Crippen molar-refractivity contribution >= 4 is 17.4 Å². The summed E-state index contributed by atoms with van der Waals surface area (Å²) in [5.74, 6) is 0. The number of urea groups is 1. The Balaban J connectivity index is 1.41. The fourth-order valence-corrected chi connectivity index (χ4v) is 4.17. The summed E-state index contributed by atoms with van der Waals surface area (Å²) in [5, 5.41) is 3.10. The van der Waals surface area contributed by atoms with Gasteiger partial charge in [0.05, 0.1) is 0 Å². The lowest BCUT2D eigenvalue weighted by Crippen LogP contribution is -2.48. The van der Waals surface area contributed by atoms with Crippen LogP contribution in [0.15, 0.2) is 42.5 Å². The molecule has 2 heterocycles. The number of nitrogens with two attached hydrogens (primary N) is 1. The fraction of sp³-hybridized carbons (Fsp3) is 0.409. The van der Waals surface area contributed by atoms with E-state index in [9.17, 15) is 4.79 Å². The zero-order valence-electron chi connectivity index (χ0n) is 15.9. The van der Waals surface area contributed by atoms with E-state index in [1.54, 1.807) is 0 Å². The first-order valence-corrected chi connectivity index (χ1v) is 9.85. The third-order valence-electron chi connectivity index (χ3n) is 5.83. The van der Waals surface area contributed by atoms with Crippen LogP contribution in [0.3, 0.4) is 0 Å². The maximum Gasteiger partial charge on any atom is 0.322 e. The first-order valence-electron chi connectivity index (χ1n) is 9.85. The van der Waals surface area contributed by atoms with Crippen LogP contribution in [0.5, 0.6) is 0 Å². The molecular weight excluding hydrogens is 336 g/mol. The van der Waals surface area contributed by atoms with Crippen LogP contribution in [0.25, 0.3) is 0 Å². The number of aryl methyl sites for hydroxylation is 1. The molecule has 5 nitrogen and oxygen atoms in total. The molecule has 0 saturated carbocycles. The molecule has 0 radical (unpaired) electrons. The minimum absolute atomic E-state index is 0.0306. The Labute approximate surface area is 161 Å². The van der Waals surface area contributed by atoms with Crippen molar-refractivity contribution in [1.82, 2.24) is 4.90 Å². The van der Waals surface area contributed by atoms with Gasteiger partial charge >= 0.3 is 6.03 Å². The number of rotatable bonds is 3. The predicted octanol–water partition coefficient (Wildman–Crippen LogP) is 3.51. The number of carbonyl (C=O) groups excluding carboxylic acids is 1. The quantitative estimate of drug-likeness (QED) is 0.876. The monoisotopic (exact) mass is 364 g/mol. The first-order chi connectivity index (χ1) is 13.1. The minimum Gasteiger partial charge on any atom is -0.371 e. The largest absolute Gasteiger partial charge is 0.371 e. The van der Waals surface area contributed by atoms with Gasteiger partial charge in [-0.25, -0.2) is 4.79 Å². The van der Waals surface area contributed by atoms with Crippen LogP contribution >= 0.6 is 0 Å². The first kappa shape index (κ1) is 17.9. The SMILES string of the molecule is Cc1ccc(N2CCC(N3CCc4cc(CN)ccc4NC3=O)CC2)cc1. The maximum atomic E-state index is 12.8. The summed E-state index contributed by atoms with van der Waals surface area (Å²) < 4.78 is 0. The number of benzene rings is 2. The summed E-state index contributed by atoms with van der Waals surface area (Å²) in [7, 11) is 0. The number of amides is 2. The van der Waals surface area contributed by atoms with Crippen molar-refractivity contribution in [2.45, 2.75) is 38.8 Å². The average molecular weight is 364 g/mol. The molecule has 0 aromatic heterocycles. The molecule has 2 aromatic carbocycles. The molecule has 1 saturated heterocycles. The highest BCUT2D eigenvalue weighted by molar-refractivity contribution is 5.91. The van der Waals surface area contributed by atoms with Crippen LogP contribution in [0.1, 0.15) is 29.5 Å². The van der Waals surface area contributed by atoms with Gasteiger partial charge in [0.25, 0.3) is 0 Å². The van der Waals surface area contributed by atoms with Crippen molar-refractivity contribution in [1.29, 1.82) is 0 Å². The van der Waals surface area contributed by atoms with Crippen molar-refractivity contribution in [2.24, 2.45) is 5.73 Å². The summed E-state index contributed by atoms with van der Waals surface area (Å²) in [6.45, 7) is 5.39. The van der Waals surface area contributed by atoms with Gasteiger partial charge in [0, 0.05) is 43.6 Å². The highest BCUT2D eigenvalue weighted by Crippen LogP contribution is 2.27. The third-order valence-corrected chi connectivity index (χ3v) is 5.83. The van der Waals surface area contributed by atoms with E-state index in [2.05, 4.69) is 47.5 Å². The number of fused-ring (bicyclic) bond motifs is 1. The number of nitrogens with zero attached hydrogens (tertiary/aromatic N) is 2. The lowest BCUT2D eigenvalue weighted by atomic mass is 10.0. The molecule has 3 N–H and O–H groups in total. The van der Waals surface area contributed by atoms with Gasteiger partial charge < -0.3 is 20.9 Å². The number of nitrogens with one attached hydrogen (secondary N) is 1. The Morgan fingerprint density at radius 2 is 1.81 bits per heavy atom. The minimum atomic E-state index is 0.0306. The Morgan fingerprint density at radius 1 is 1.07 bits per heavy atom. The average Bonchev–Trinajstić information content (AvgIpc) is 2.86. The predicted molar refractivity (Wildman–Crippen MR) is 110 cm³/mol. The van der Waals surface area contributed by atoms with Crippen LogP contribution in [0.2, 0.25) is 0 Å².